The summed E-state index contributed by atoms with van der Waals surface area (Å²) in [6.45, 7) is 3.58. The highest BCUT2D eigenvalue weighted by atomic mass is 32.2. The van der Waals surface area contributed by atoms with Gasteiger partial charge in [-0.2, -0.15) is 5.10 Å². The molecular formula is C22H17N3O3S. The van der Waals surface area contributed by atoms with Gasteiger partial charge in [-0.15, -0.1) is 5.10 Å². The summed E-state index contributed by atoms with van der Waals surface area (Å²) < 4.78 is 5.33. The molecule has 6 nitrogen and oxygen atoms in total. The zero-order chi connectivity index (χ0) is 20.4. The Labute approximate surface area is 171 Å². The molecule has 1 amide bonds. The van der Waals surface area contributed by atoms with Crippen molar-refractivity contribution in [3.63, 3.8) is 0 Å². The van der Waals surface area contributed by atoms with Gasteiger partial charge in [0.2, 0.25) is 0 Å². The van der Waals surface area contributed by atoms with Crippen LogP contribution in [-0.2, 0) is 4.79 Å². The van der Waals surface area contributed by atoms with Crippen LogP contribution < -0.4 is 10.9 Å². The van der Waals surface area contributed by atoms with Crippen molar-refractivity contribution in [3.05, 3.63) is 87.1 Å². The van der Waals surface area contributed by atoms with Gasteiger partial charge in [0.1, 0.15) is 5.58 Å². The van der Waals surface area contributed by atoms with Gasteiger partial charge in [0, 0.05) is 5.39 Å². The predicted octanol–water partition coefficient (Wildman–Crippen LogP) is 4.17. The summed E-state index contributed by atoms with van der Waals surface area (Å²) in [5.41, 5.74) is 2.62. The molecule has 4 rings (SSSR count). The van der Waals surface area contributed by atoms with Crippen molar-refractivity contribution in [2.75, 3.05) is 0 Å². The van der Waals surface area contributed by atoms with Crippen molar-refractivity contribution in [2.45, 2.75) is 13.8 Å². The Morgan fingerprint density at radius 1 is 1.00 bits per heavy atom. The number of nitrogens with one attached hydrogen (secondary N) is 1. The van der Waals surface area contributed by atoms with E-state index in [1.807, 2.05) is 49.4 Å². The van der Waals surface area contributed by atoms with Gasteiger partial charge in [0.25, 0.3) is 5.91 Å². The number of allylic oxidation sites excluding steroid dienone is 1. The minimum atomic E-state index is -0.478. The fourth-order valence-electron chi connectivity index (χ4n) is 2.92. The first-order chi connectivity index (χ1) is 14.0. The van der Waals surface area contributed by atoms with E-state index in [2.05, 4.69) is 15.5 Å². The Bertz CT molecular complexity index is 1260. The van der Waals surface area contributed by atoms with E-state index < -0.39 is 5.63 Å². The molecule has 1 saturated heterocycles. The van der Waals surface area contributed by atoms with E-state index in [0.29, 0.717) is 26.9 Å². The van der Waals surface area contributed by atoms with Crippen LogP contribution in [-0.4, -0.2) is 16.8 Å². The minimum Gasteiger partial charge on any atom is -0.422 e. The second-order valence-corrected chi connectivity index (χ2v) is 7.45. The Hall–Kier alpha value is -3.45. The lowest BCUT2D eigenvalue weighted by Crippen LogP contribution is -2.20. The summed E-state index contributed by atoms with van der Waals surface area (Å²) in [6.07, 6.45) is 0. The number of hydrogen-bond acceptors (Lipinski definition) is 6. The molecule has 1 aromatic heterocycles. The Morgan fingerprint density at radius 3 is 2.52 bits per heavy atom. The molecule has 0 spiro atoms. The number of carbonyl (C=O) groups is 1. The number of para-hydroxylation sites is 1. The van der Waals surface area contributed by atoms with Gasteiger partial charge in [-0.25, -0.2) is 4.79 Å². The van der Waals surface area contributed by atoms with Gasteiger partial charge in [-0.1, -0.05) is 48.5 Å². The number of fused-ring (bicyclic) bond motifs is 1. The van der Waals surface area contributed by atoms with E-state index in [0.717, 1.165) is 16.5 Å². The van der Waals surface area contributed by atoms with E-state index in [1.165, 1.54) is 11.8 Å². The highest BCUT2D eigenvalue weighted by Crippen LogP contribution is 2.31. The number of benzene rings is 2. The van der Waals surface area contributed by atoms with Gasteiger partial charge in [-0.3, -0.25) is 10.1 Å². The highest BCUT2D eigenvalue weighted by molar-refractivity contribution is 8.18. The van der Waals surface area contributed by atoms with Crippen molar-refractivity contribution in [1.82, 2.24) is 5.32 Å². The second-order valence-electron chi connectivity index (χ2n) is 6.45. The van der Waals surface area contributed by atoms with Crippen molar-refractivity contribution in [2.24, 2.45) is 10.2 Å². The van der Waals surface area contributed by atoms with Crippen LogP contribution in [0, 0.1) is 0 Å². The van der Waals surface area contributed by atoms with Crippen molar-refractivity contribution in [3.8, 4) is 0 Å². The van der Waals surface area contributed by atoms with Gasteiger partial charge >= 0.3 is 5.63 Å². The summed E-state index contributed by atoms with van der Waals surface area (Å²) in [4.78, 5) is 25.2. The lowest BCUT2D eigenvalue weighted by Gasteiger charge is -2.02. The van der Waals surface area contributed by atoms with Crippen LogP contribution >= 0.6 is 11.8 Å². The van der Waals surface area contributed by atoms with Crippen LogP contribution in [0.25, 0.3) is 16.5 Å². The SMILES string of the molecule is CC(=N/N=C1/NC(=O)C(=C(C)c2ccccc2)S1)c1cc2ccccc2oc1=O. The van der Waals surface area contributed by atoms with Gasteiger partial charge in [0.05, 0.1) is 16.2 Å². The van der Waals surface area contributed by atoms with Gasteiger partial charge in [-0.05, 0) is 48.9 Å². The fraction of sp³-hybridized carbons (Fsp3) is 0.0909. The van der Waals surface area contributed by atoms with Crippen molar-refractivity contribution < 1.29 is 9.21 Å². The average Bonchev–Trinajstić information content (AvgIpc) is 3.12. The van der Waals surface area contributed by atoms with Crippen molar-refractivity contribution >= 4 is 45.1 Å². The highest BCUT2D eigenvalue weighted by Gasteiger charge is 2.26. The third kappa shape index (κ3) is 3.90. The molecule has 1 aliphatic heterocycles. The van der Waals surface area contributed by atoms with Gasteiger partial charge < -0.3 is 4.42 Å². The lowest BCUT2D eigenvalue weighted by atomic mass is 10.1. The first-order valence-electron chi connectivity index (χ1n) is 8.94. The molecule has 0 atom stereocenters. The number of rotatable bonds is 3. The molecule has 29 heavy (non-hydrogen) atoms. The fourth-order valence-corrected chi connectivity index (χ4v) is 3.76. The second kappa shape index (κ2) is 7.89. The smallest absolute Gasteiger partial charge is 0.345 e. The number of carbonyl (C=O) groups excluding carboxylic acids is 1. The van der Waals surface area contributed by atoms with Crippen LogP contribution in [0.2, 0.25) is 0 Å². The lowest BCUT2D eigenvalue weighted by molar-refractivity contribution is -0.115. The molecule has 0 unspecified atom stereocenters. The van der Waals surface area contributed by atoms with E-state index >= 15 is 0 Å². The van der Waals surface area contributed by atoms with Gasteiger partial charge in [0.15, 0.2) is 5.17 Å². The molecule has 3 aromatic rings. The molecule has 1 aliphatic rings. The standard InChI is InChI=1S/C22H17N3O3S/c1-13(15-8-4-3-5-9-15)19-20(26)23-22(29-19)25-24-14(2)17-12-16-10-6-7-11-18(16)28-21(17)27/h3-12H,1-2H3,(H,23,25,26). The maximum Gasteiger partial charge on any atom is 0.345 e. The third-order valence-corrected chi connectivity index (χ3v) is 5.57. The zero-order valence-corrected chi connectivity index (χ0v) is 16.6. The number of amidine groups is 1. The van der Waals surface area contributed by atoms with E-state index in [1.54, 1.807) is 25.1 Å². The maximum atomic E-state index is 12.3. The molecule has 0 bridgehead atoms. The number of amides is 1. The summed E-state index contributed by atoms with van der Waals surface area (Å²) >= 11 is 1.23. The zero-order valence-electron chi connectivity index (χ0n) is 15.8. The monoisotopic (exact) mass is 403 g/mol. The molecule has 0 saturated carbocycles. The summed E-state index contributed by atoms with van der Waals surface area (Å²) in [5, 5.41) is 12.1. The molecule has 1 fully saturated rings. The topological polar surface area (TPSA) is 84.0 Å². The number of nitrogens with zero attached hydrogens (tertiary/aromatic N) is 2. The molecule has 2 aromatic carbocycles. The number of hydrogen-bond donors (Lipinski definition) is 1. The normalized spacial score (nSPS) is 17.7. The Balaban J connectivity index is 1.62. The summed E-state index contributed by atoms with van der Waals surface area (Å²) in [6, 6.07) is 18.7. The molecule has 7 heteroatoms. The van der Waals surface area contributed by atoms with Crippen LogP contribution in [0.5, 0.6) is 0 Å². The summed E-state index contributed by atoms with van der Waals surface area (Å²) in [5.74, 6) is -0.215. The quantitative estimate of drug-likeness (QED) is 0.308. The molecule has 2 heterocycles. The average molecular weight is 403 g/mol. The summed E-state index contributed by atoms with van der Waals surface area (Å²) in [7, 11) is 0. The van der Waals surface area contributed by atoms with Crippen LogP contribution in [0.3, 0.4) is 0 Å². The Kier molecular flexibility index (Phi) is 5.14. The first-order valence-corrected chi connectivity index (χ1v) is 9.75. The largest absolute Gasteiger partial charge is 0.422 e. The van der Waals surface area contributed by atoms with Crippen LogP contribution in [0.1, 0.15) is 25.0 Å². The van der Waals surface area contributed by atoms with E-state index in [4.69, 9.17) is 4.42 Å². The molecule has 144 valence electrons. The first kappa shape index (κ1) is 18.9. The minimum absolute atomic E-state index is 0.215. The Morgan fingerprint density at radius 2 is 1.72 bits per heavy atom. The van der Waals surface area contributed by atoms with E-state index in [-0.39, 0.29) is 5.91 Å². The maximum absolute atomic E-state index is 12.3. The molecular weight excluding hydrogens is 386 g/mol. The van der Waals surface area contributed by atoms with Crippen molar-refractivity contribution in [1.29, 1.82) is 0 Å². The van der Waals surface area contributed by atoms with Crippen LogP contribution in [0.4, 0.5) is 0 Å². The predicted molar refractivity (Wildman–Crippen MR) is 117 cm³/mol. The molecule has 0 aliphatic carbocycles. The van der Waals surface area contributed by atoms with Crippen LogP contribution in [0.15, 0.2) is 85.0 Å². The van der Waals surface area contributed by atoms with E-state index in [9.17, 15) is 9.59 Å². The third-order valence-electron chi connectivity index (χ3n) is 4.49. The molecule has 0 radical (unpaired) electrons. The number of thioether (sulfide) groups is 1. The molecule has 1 N–H and O–H groups in total.